The Morgan fingerprint density at radius 3 is 2.42 bits per heavy atom. The summed E-state index contributed by atoms with van der Waals surface area (Å²) in [6.07, 6.45) is 0. The lowest BCUT2D eigenvalue weighted by Gasteiger charge is -2.48. The molecular weight excluding hydrogens is 364 g/mol. The van der Waals surface area contributed by atoms with Crippen molar-refractivity contribution in [1.29, 1.82) is 0 Å². The molecule has 0 unspecified atom stereocenters. The van der Waals surface area contributed by atoms with Crippen molar-refractivity contribution in [3.8, 4) is 0 Å². The molecule has 1 fully saturated rings. The van der Waals surface area contributed by atoms with E-state index in [-0.39, 0.29) is 30.1 Å². The van der Waals surface area contributed by atoms with Crippen LogP contribution in [0.1, 0.15) is 13.8 Å². The lowest BCUT2D eigenvalue weighted by atomic mass is 10.0. The van der Waals surface area contributed by atoms with Crippen LogP contribution in [-0.4, -0.2) is 59.3 Å². The maximum Gasteiger partial charge on any atom is 0.358 e. The van der Waals surface area contributed by atoms with Gasteiger partial charge in [-0.15, -0.1) is 24.2 Å². The molecule has 1 amide bonds. The van der Waals surface area contributed by atoms with Gasteiger partial charge in [0, 0.05) is 25.2 Å². The fourth-order valence-corrected chi connectivity index (χ4v) is 3.38. The van der Waals surface area contributed by atoms with Crippen LogP contribution in [-0.2, 0) is 33.4 Å². The first kappa shape index (κ1) is 20.3. The van der Waals surface area contributed by atoms with Crippen molar-refractivity contribution in [2.45, 2.75) is 25.3 Å². The smallest absolute Gasteiger partial charge is 0.358 e. The highest BCUT2D eigenvalue weighted by atomic mass is 35.5. The zero-order valence-corrected chi connectivity index (χ0v) is 14.6. The second-order valence-corrected chi connectivity index (χ2v) is 5.96. The van der Waals surface area contributed by atoms with Gasteiger partial charge in [-0.05, 0) is 0 Å². The molecule has 2 aliphatic rings. The Hall–Kier alpha value is -1.78. The fraction of sp³-hybridized carbons (Fsp3) is 0.538. The molecule has 1 saturated heterocycles. The van der Waals surface area contributed by atoms with Gasteiger partial charge in [0.05, 0.1) is 0 Å². The molecule has 0 spiro atoms. The molecule has 2 heterocycles. The lowest BCUT2D eigenvalue weighted by Crippen LogP contribution is -2.68. The molecule has 2 rings (SSSR count). The van der Waals surface area contributed by atoms with Gasteiger partial charge in [0.1, 0.15) is 23.7 Å². The molecule has 0 saturated carbocycles. The average Bonchev–Trinajstić information content (AvgIpc) is 2.50. The van der Waals surface area contributed by atoms with Crippen molar-refractivity contribution in [1.82, 2.24) is 4.90 Å². The number of nitrogens with zero attached hydrogens (tertiary/aromatic N) is 1. The summed E-state index contributed by atoms with van der Waals surface area (Å²) in [6, 6.07) is -0.688. The van der Waals surface area contributed by atoms with E-state index in [1.54, 1.807) is 0 Å². The summed E-state index contributed by atoms with van der Waals surface area (Å²) in [4.78, 5) is 47.0. The summed E-state index contributed by atoms with van der Waals surface area (Å²) in [7, 11) is 0. The maximum atomic E-state index is 12.2. The minimum absolute atomic E-state index is 0. The van der Waals surface area contributed by atoms with Crippen LogP contribution in [0, 0.1) is 0 Å². The van der Waals surface area contributed by atoms with Crippen molar-refractivity contribution >= 4 is 48.0 Å². The number of halogens is 1. The van der Waals surface area contributed by atoms with Gasteiger partial charge in [0.25, 0.3) is 0 Å². The molecule has 0 aromatic carbocycles. The normalized spacial score (nSPS) is 22.0. The summed E-state index contributed by atoms with van der Waals surface area (Å²) in [6.45, 7) is 1.71. The van der Waals surface area contributed by atoms with E-state index in [9.17, 15) is 19.2 Å². The summed E-state index contributed by atoms with van der Waals surface area (Å²) in [5, 5.41) is -0.361. The molecule has 2 aliphatic heterocycles. The molecule has 0 aliphatic carbocycles. The molecule has 0 aromatic heterocycles. The van der Waals surface area contributed by atoms with Gasteiger partial charge in [-0.25, -0.2) is 4.79 Å². The van der Waals surface area contributed by atoms with E-state index < -0.39 is 36.6 Å². The SMILES string of the molecule is CC(=O)OCOC(=O)C1=C(COC(C)=O)CS[C@@H]2[C@H](N)C(=O)N12.Cl. The molecule has 11 heteroatoms. The quantitative estimate of drug-likeness (QED) is 0.382. The summed E-state index contributed by atoms with van der Waals surface area (Å²) in [5.74, 6) is -2.00. The fourth-order valence-electron chi connectivity index (χ4n) is 2.10. The topological polar surface area (TPSA) is 125 Å². The molecule has 9 nitrogen and oxygen atoms in total. The van der Waals surface area contributed by atoms with Crippen molar-refractivity contribution in [2.24, 2.45) is 5.73 Å². The van der Waals surface area contributed by atoms with E-state index in [1.165, 1.54) is 30.5 Å². The minimum Gasteiger partial charge on any atom is -0.461 e. The Morgan fingerprint density at radius 2 is 1.83 bits per heavy atom. The highest BCUT2D eigenvalue weighted by Crippen LogP contribution is 2.39. The van der Waals surface area contributed by atoms with Crippen molar-refractivity contribution in [3.63, 3.8) is 0 Å². The van der Waals surface area contributed by atoms with E-state index in [4.69, 9.17) is 15.2 Å². The van der Waals surface area contributed by atoms with Crippen LogP contribution >= 0.6 is 24.2 Å². The van der Waals surface area contributed by atoms with Crippen LogP contribution in [0.5, 0.6) is 0 Å². The van der Waals surface area contributed by atoms with Gasteiger partial charge in [0.15, 0.2) is 0 Å². The predicted octanol–water partition coefficient (Wildman–Crippen LogP) is -0.468. The van der Waals surface area contributed by atoms with E-state index >= 15 is 0 Å². The summed E-state index contributed by atoms with van der Waals surface area (Å²) < 4.78 is 14.3. The monoisotopic (exact) mass is 380 g/mol. The van der Waals surface area contributed by atoms with Gasteiger partial charge in [-0.1, -0.05) is 0 Å². The Labute approximate surface area is 148 Å². The average molecular weight is 381 g/mol. The Morgan fingerprint density at radius 1 is 1.21 bits per heavy atom. The van der Waals surface area contributed by atoms with Gasteiger partial charge in [-0.2, -0.15) is 0 Å². The molecule has 2 N–H and O–H groups in total. The number of carbonyl (C=O) groups is 4. The zero-order chi connectivity index (χ0) is 17.1. The molecule has 24 heavy (non-hydrogen) atoms. The maximum absolute atomic E-state index is 12.2. The number of hydrogen-bond acceptors (Lipinski definition) is 9. The summed E-state index contributed by atoms with van der Waals surface area (Å²) in [5.41, 5.74) is 6.14. The van der Waals surface area contributed by atoms with E-state index in [0.717, 1.165) is 0 Å². The number of hydrogen-bond donors (Lipinski definition) is 1. The Bertz CT molecular complexity index is 595. The third kappa shape index (κ3) is 4.19. The van der Waals surface area contributed by atoms with Crippen molar-refractivity contribution < 1.29 is 33.4 Å². The van der Waals surface area contributed by atoms with Crippen LogP contribution in [0.2, 0.25) is 0 Å². The number of carbonyl (C=O) groups excluding carboxylic acids is 4. The van der Waals surface area contributed by atoms with E-state index in [2.05, 4.69) is 4.74 Å². The van der Waals surface area contributed by atoms with E-state index in [0.29, 0.717) is 11.3 Å². The number of nitrogens with two attached hydrogens (primary N) is 1. The first-order chi connectivity index (χ1) is 10.8. The number of thioether (sulfide) groups is 1. The highest BCUT2D eigenvalue weighted by molar-refractivity contribution is 8.00. The third-order valence-corrected chi connectivity index (χ3v) is 4.54. The second-order valence-electron chi connectivity index (χ2n) is 4.85. The number of fused-ring (bicyclic) bond motifs is 1. The zero-order valence-electron chi connectivity index (χ0n) is 13.0. The molecule has 0 radical (unpaired) electrons. The van der Waals surface area contributed by atoms with Gasteiger partial charge < -0.3 is 19.9 Å². The standard InChI is InChI=1S/C13H16N2O7S.ClH/c1-6(16)20-3-8-4-23-12-9(14)11(18)15(12)10(8)13(19)22-5-21-7(2)17;/h9,12H,3-5,14H2,1-2H3;1H/t9-,12-;/m1./s1. The predicted molar refractivity (Wildman–Crippen MR) is 84.7 cm³/mol. The van der Waals surface area contributed by atoms with Crippen molar-refractivity contribution in [2.75, 3.05) is 19.2 Å². The first-order valence-corrected chi connectivity index (χ1v) is 7.74. The molecule has 0 bridgehead atoms. The summed E-state index contributed by atoms with van der Waals surface area (Å²) >= 11 is 1.37. The number of esters is 3. The van der Waals surface area contributed by atoms with Crippen LogP contribution in [0.25, 0.3) is 0 Å². The third-order valence-electron chi connectivity index (χ3n) is 3.18. The van der Waals surface area contributed by atoms with Crippen LogP contribution in [0.4, 0.5) is 0 Å². The second kappa shape index (κ2) is 8.36. The first-order valence-electron chi connectivity index (χ1n) is 6.69. The van der Waals surface area contributed by atoms with Gasteiger partial charge >= 0.3 is 17.9 Å². The highest BCUT2D eigenvalue weighted by Gasteiger charge is 2.52. The van der Waals surface area contributed by atoms with Gasteiger partial charge in [0.2, 0.25) is 12.7 Å². The van der Waals surface area contributed by atoms with Crippen LogP contribution < -0.4 is 5.73 Å². The molecular formula is C13H17ClN2O7S. The molecule has 0 aromatic rings. The van der Waals surface area contributed by atoms with Crippen LogP contribution in [0.3, 0.4) is 0 Å². The lowest BCUT2D eigenvalue weighted by molar-refractivity contribution is -0.166. The largest absolute Gasteiger partial charge is 0.461 e. The number of ether oxygens (including phenoxy) is 3. The van der Waals surface area contributed by atoms with Crippen molar-refractivity contribution in [3.05, 3.63) is 11.3 Å². The minimum atomic E-state index is -0.834. The van der Waals surface area contributed by atoms with Crippen LogP contribution in [0.15, 0.2) is 11.3 Å². The Kier molecular flexibility index (Phi) is 7.06. The van der Waals surface area contributed by atoms with Gasteiger partial charge in [-0.3, -0.25) is 19.3 Å². The number of β-lactam (4-membered cyclic amide) rings is 1. The number of rotatable bonds is 5. The van der Waals surface area contributed by atoms with E-state index in [1.807, 2.05) is 0 Å². The number of amides is 1. The molecule has 2 atom stereocenters. The molecule has 134 valence electrons. The Balaban J connectivity index is 0.00000288.